The Kier molecular flexibility index (Phi) is 10.9. The second-order valence-corrected chi connectivity index (χ2v) is 2.53. The van der Waals surface area contributed by atoms with Gasteiger partial charge in [-0.3, -0.25) is 0 Å². The van der Waals surface area contributed by atoms with E-state index in [1.54, 1.807) is 5.57 Å². The standard InChI is InChI=1S/C8H16.C2H6/c1-5-6-8(4)7(2)3;1-2/h5-6H2,1-4H3;1-2H3. The molecular formula is C10H22. The van der Waals surface area contributed by atoms with Gasteiger partial charge in [0.05, 0.1) is 0 Å². The third kappa shape index (κ3) is 7.74. The Balaban J connectivity index is 0. The van der Waals surface area contributed by atoms with Gasteiger partial charge in [-0.15, -0.1) is 0 Å². The van der Waals surface area contributed by atoms with Crippen molar-refractivity contribution in [1.82, 2.24) is 0 Å². The highest BCUT2D eigenvalue weighted by molar-refractivity contribution is 5.05. The molecule has 0 aliphatic rings. The van der Waals surface area contributed by atoms with Crippen molar-refractivity contribution in [3.63, 3.8) is 0 Å². The van der Waals surface area contributed by atoms with Gasteiger partial charge in [-0.2, -0.15) is 0 Å². The van der Waals surface area contributed by atoms with Crippen molar-refractivity contribution in [2.45, 2.75) is 54.4 Å². The van der Waals surface area contributed by atoms with E-state index in [0.29, 0.717) is 0 Å². The normalized spacial score (nSPS) is 7.80. The summed E-state index contributed by atoms with van der Waals surface area (Å²) in [6, 6.07) is 0. The molecule has 0 nitrogen and oxygen atoms in total. The molecule has 0 aromatic carbocycles. The Morgan fingerprint density at radius 3 is 1.50 bits per heavy atom. The molecule has 10 heavy (non-hydrogen) atoms. The quantitative estimate of drug-likeness (QED) is 0.508. The maximum absolute atomic E-state index is 2.21. The Bertz CT molecular complexity index is 84.2. The van der Waals surface area contributed by atoms with E-state index in [9.17, 15) is 0 Å². The zero-order chi connectivity index (χ0) is 8.57. The van der Waals surface area contributed by atoms with Crippen molar-refractivity contribution >= 4 is 0 Å². The highest BCUT2D eigenvalue weighted by atomic mass is 13.9. The summed E-state index contributed by atoms with van der Waals surface area (Å²) < 4.78 is 0. The highest BCUT2D eigenvalue weighted by Gasteiger charge is 1.87. The van der Waals surface area contributed by atoms with Gasteiger partial charge in [-0.25, -0.2) is 0 Å². The van der Waals surface area contributed by atoms with Crippen LogP contribution in [0.5, 0.6) is 0 Å². The zero-order valence-corrected chi connectivity index (χ0v) is 8.41. The predicted molar refractivity (Wildman–Crippen MR) is 50.3 cm³/mol. The molecule has 0 atom stereocenters. The first-order valence-electron chi connectivity index (χ1n) is 4.31. The van der Waals surface area contributed by atoms with Crippen molar-refractivity contribution in [3.8, 4) is 0 Å². The average molecular weight is 142 g/mol. The maximum atomic E-state index is 2.21. The van der Waals surface area contributed by atoms with E-state index in [-0.39, 0.29) is 0 Å². The summed E-state index contributed by atoms with van der Waals surface area (Å²) in [6.07, 6.45) is 2.54. The first-order chi connectivity index (χ1) is 4.68. The van der Waals surface area contributed by atoms with Crippen molar-refractivity contribution in [2.75, 3.05) is 0 Å². The number of hydrogen-bond donors (Lipinski definition) is 0. The Labute approximate surface area is 66.3 Å². The molecule has 0 aromatic heterocycles. The fourth-order valence-electron chi connectivity index (χ4n) is 0.625. The molecule has 0 heteroatoms. The van der Waals surface area contributed by atoms with Crippen LogP contribution in [0.1, 0.15) is 54.4 Å². The monoisotopic (exact) mass is 142 g/mol. The van der Waals surface area contributed by atoms with Gasteiger partial charge in [0.15, 0.2) is 0 Å². The summed E-state index contributed by atoms with van der Waals surface area (Å²) in [5, 5.41) is 0. The lowest BCUT2D eigenvalue weighted by Gasteiger charge is -1.98. The molecule has 0 N–H and O–H groups in total. The fraction of sp³-hybridized carbons (Fsp3) is 0.800. The number of rotatable bonds is 2. The van der Waals surface area contributed by atoms with E-state index in [4.69, 9.17) is 0 Å². The first kappa shape index (κ1) is 12.4. The minimum atomic E-state index is 1.27. The van der Waals surface area contributed by atoms with Gasteiger partial charge < -0.3 is 0 Å². The van der Waals surface area contributed by atoms with Crippen molar-refractivity contribution in [1.29, 1.82) is 0 Å². The van der Waals surface area contributed by atoms with Crippen LogP contribution >= 0.6 is 0 Å². The Hall–Kier alpha value is -0.260. The molecule has 0 bridgehead atoms. The van der Waals surface area contributed by atoms with Gasteiger partial charge in [-0.1, -0.05) is 38.3 Å². The molecule has 0 amide bonds. The zero-order valence-electron chi connectivity index (χ0n) is 8.41. The molecule has 0 saturated carbocycles. The molecule has 0 unspecified atom stereocenters. The lowest BCUT2D eigenvalue weighted by molar-refractivity contribution is 0.890. The molecule has 0 saturated heterocycles. The van der Waals surface area contributed by atoms with Crippen LogP contribution in [0.25, 0.3) is 0 Å². The highest BCUT2D eigenvalue weighted by Crippen LogP contribution is 2.07. The van der Waals surface area contributed by atoms with Crippen LogP contribution in [0.2, 0.25) is 0 Å². The summed E-state index contributed by atoms with van der Waals surface area (Å²) >= 11 is 0. The Morgan fingerprint density at radius 1 is 1.00 bits per heavy atom. The topological polar surface area (TPSA) is 0 Å². The van der Waals surface area contributed by atoms with Gasteiger partial charge in [0.1, 0.15) is 0 Å². The number of hydrogen-bond acceptors (Lipinski definition) is 0. The third-order valence-electron chi connectivity index (χ3n) is 1.48. The second-order valence-electron chi connectivity index (χ2n) is 2.53. The van der Waals surface area contributed by atoms with Gasteiger partial charge in [-0.05, 0) is 27.2 Å². The van der Waals surface area contributed by atoms with Gasteiger partial charge in [0.2, 0.25) is 0 Å². The second kappa shape index (κ2) is 8.74. The SMILES string of the molecule is CC.CCCC(C)=C(C)C. The molecule has 0 aromatic rings. The first-order valence-corrected chi connectivity index (χ1v) is 4.31. The molecule has 0 rings (SSSR count). The molecule has 0 heterocycles. The molecular weight excluding hydrogens is 120 g/mol. The van der Waals surface area contributed by atoms with Crippen molar-refractivity contribution < 1.29 is 0 Å². The molecule has 0 fully saturated rings. The van der Waals surface area contributed by atoms with E-state index in [0.717, 1.165) is 0 Å². The van der Waals surface area contributed by atoms with E-state index in [2.05, 4.69) is 27.7 Å². The fourth-order valence-corrected chi connectivity index (χ4v) is 0.625. The van der Waals surface area contributed by atoms with Crippen LogP contribution < -0.4 is 0 Å². The molecule has 0 spiro atoms. The van der Waals surface area contributed by atoms with Crippen LogP contribution in [0.15, 0.2) is 11.1 Å². The smallest absolute Gasteiger partial charge is 0.0323 e. The average Bonchev–Trinajstić information content (AvgIpc) is 1.93. The minimum absolute atomic E-state index is 1.27. The van der Waals surface area contributed by atoms with Gasteiger partial charge in [0, 0.05) is 0 Å². The maximum Gasteiger partial charge on any atom is -0.0323 e. The van der Waals surface area contributed by atoms with E-state index in [1.165, 1.54) is 18.4 Å². The number of allylic oxidation sites excluding steroid dienone is 2. The summed E-state index contributed by atoms with van der Waals surface area (Å²) in [5.74, 6) is 0. The van der Waals surface area contributed by atoms with E-state index >= 15 is 0 Å². The van der Waals surface area contributed by atoms with Crippen LogP contribution in [0.4, 0.5) is 0 Å². The van der Waals surface area contributed by atoms with Crippen LogP contribution in [0, 0.1) is 0 Å². The molecule has 0 aliphatic carbocycles. The summed E-state index contributed by atoms with van der Waals surface area (Å²) in [7, 11) is 0. The third-order valence-corrected chi connectivity index (χ3v) is 1.48. The van der Waals surface area contributed by atoms with Gasteiger partial charge in [0.25, 0.3) is 0 Å². The van der Waals surface area contributed by atoms with Crippen LogP contribution in [-0.2, 0) is 0 Å². The molecule has 62 valence electrons. The largest absolute Gasteiger partial charge is 0.0775 e. The van der Waals surface area contributed by atoms with Gasteiger partial charge >= 0.3 is 0 Å². The molecule has 0 aliphatic heterocycles. The minimum Gasteiger partial charge on any atom is -0.0775 e. The van der Waals surface area contributed by atoms with E-state index < -0.39 is 0 Å². The summed E-state index contributed by atoms with van der Waals surface area (Å²) in [6.45, 7) is 12.8. The van der Waals surface area contributed by atoms with E-state index in [1.807, 2.05) is 13.8 Å². The summed E-state index contributed by atoms with van der Waals surface area (Å²) in [4.78, 5) is 0. The molecule has 0 radical (unpaired) electrons. The van der Waals surface area contributed by atoms with Crippen molar-refractivity contribution in [2.24, 2.45) is 0 Å². The van der Waals surface area contributed by atoms with Crippen LogP contribution in [0.3, 0.4) is 0 Å². The Morgan fingerprint density at radius 2 is 1.40 bits per heavy atom. The summed E-state index contributed by atoms with van der Waals surface area (Å²) in [5.41, 5.74) is 3.03. The van der Waals surface area contributed by atoms with Crippen molar-refractivity contribution in [3.05, 3.63) is 11.1 Å². The van der Waals surface area contributed by atoms with Crippen LogP contribution in [-0.4, -0.2) is 0 Å². The lowest BCUT2D eigenvalue weighted by atomic mass is 10.1. The predicted octanol–water partition coefficient (Wildman–Crippen LogP) is 4.17. The lowest BCUT2D eigenvalue weighted by Crippen LogP contribution is -1.77.